The van der Waals surface area contributed by atoms with E-state index in [1.165, 1.54) is 17.1 Å². The maximum Gasteiger partial charge on any atom is 0.253 e. The van der Waals surface area contributed by atoms with Crippen LogP contribution in [0.5, 0.6) is 0 Å². The summed E-state index contributed by atoms with van der Waals surface area (Å²) in [5.41, 5.74) is 0. The number of imide groups is 1. The molecular weight excluding hydrogens is 290 g/mol. The molecule has 6 nitrogen and oxygen atoms in total. The third-order valence-corrected chi connectivity index (χ3v) is 3.61. The summed E-state index contributed by atoms with van der Waals surface area (Å²) in [5.74, 6) is -0.357. The second-order valence-electron chi connectivity index (χ2n) is 5.19. The van der Waals surface area contributed by atoms with Crippen LogP contribution < -0.4 is 10.6 Å². The first-order valence-corrected chi connectivity index (χ1v) is 7.57. The molecule has 0 radical (unpaired) electrons. The second-order valence-corrected chi connectivity index (χ2v) is 5.60. The predicted molar refractivity (Wildman–Crippen MR) is 84.5 cm³/mol. The number of nitrogens with zero attached hydrogens (tertiary/aromatic N) is 1. The molecule has 0 saturated heterocycles. The lowest BCUT2D eigenvalue weighted by Gasteiger charge is -2.22. The van der Waals surface area contributed by atoms with Crippen molar-refractivity contribution in [2.45, 2.75) is 32.7 Å². The molecule has 0 aromatic rings. The van der Waals surface area contributed by atoms with Crippen LogP contribution in [0.3, 0.4) is 0 Å². The number of thiocarbonyl (C=S) groups is 1. The Morgan fingerprint density at radius 3 is 2.52 bits per heavy atom. The van der Waals surface area contributed by atoms with Gasteiger partial charge in [-0.1, -0.05) is 13.8 Å². The van der Waals surface area contributed by atoms with Crippen LogP contribution in [0.25, 0.3) is 0 Å². The van der Waals surface area contributed by atoms with E-state index in [2.05, 4.69) is 17.6 Å². The number of hydrogen-bond donors (Lipinski definition) is 3. The van der Waals surface area contributed by atoms with Crippen molar-refractivity contribution in [2.24, 2.45) is 5.92 Å². The molecule has 0 bridgehead atoms. The van der Waals surface area contributed by atoms with Gasteiger partial charge in [0.25, 0.3) is 11.8 Å². The van der Waals surface area contributed by atoms with Crippen molar-refractivity contribution in [2.75, 3.05) is 19.7 Å². The van der Waals surface area contributed by atoms with Gasteiger partial charge >= 0.3 is 0 Å². The van der Waals surface area contributed by atoms with Gasteiger partial charge in [-0.25, -0.2) is 0 Å². The van der Waals surface area contributed by atoms with Crippen LogP contribution in [0.1, 0.15) is 26.7 Å². The molecule has 2 atom stereocenters. The van der Waals surface area contributed by atoms with E-state index >= 15 is 0 Å². The number of carbonyl (C=O) groups excluding carboxylic acids is 2. The predicted octanol–water partition coefficient (Wildman–Crippen LogP) is 0.173. The number of amides is 2. The van der Waals surface area contributed by atoms with E-state index in [-0.39, 0.29) is 36.9 Å². The first kappa shape index (κ1) is 17.6. The molecule has 1 aliphatic heterocycles. The summed E-state index contributed by atoms with van der Waals surface area (Å²) < 4.78 is 0. The van der Waals surface area contributed by atoms with E-state index in [0.717, 1.165) is 12.8 Å². The monoisotopic (exact) mass is 313 g/mol. The van der Waals surface area contributed by atoms with Crippen molar-refractivity contribution in [3.8, 4) is 0 Å². The average molecular weight is 313 g/mol. The van der Waals surface area contributed by atoms with Crippen LogP contribution in [0, 0.1) is 5.92 Å². The highest BCUT2D eigenvalue weighted by atomic mass is 32.1. The van der Waals surface area contributed by atoms with E-state index in [9.17, 15) is 9.59 Å². The van der Waals surface area contributed by atoms with Crippen molar-refractivity contribution >= 4 is 29.1 Å². The summed E-state index contributed by atoms with van der Waals surface area (Å²) in [6, 6.07) is 0.198. The van der Waals surface area contributed by atoms with Crippen molar-refractivity contribution in [1.82, 2.24) is 15.5 Å². The SMILES string of the molecule is CC[C@@H](C[C@@H](C)CO)NC(=S)NCCN1C(=O)C=CC1=O. The normalized spacial score (nSPS) is 17.0. The fourth-order valence-corrected chi connectivity index (χ4v) is 2.33. The number of aliphatic hydroxyl groups excluding tert-OH is 1. The Morgan fingerprint density at radius 1 is 1.38 bits per heavy atom. The van der Waals surface area contributed by atoms with Gasteiger partial charge in [0.2, 0.25) is 0 Å². The topological polar surface area (TPSA) is 81.7 Å². The zero-order valence-corrected chi connectivity index (χ0v) is 13.3. The van der Waals surface area contributed by atoms with Crippen LogP contribution in [0.4, 0.5) is 0 Å². The van der Waals surface area contributed by atoms with Gasteiger partial charge < -0.3 is 15.7 Å². The van der Waals surface area contributed by atoms with E-state index in [1.807, 2.05) is 6.92 Å². The number of nitrogens with one attached hydrogen (secondary N) is 2. The molecule has 0 aromatic heterocycles. The van der Waals surface area contributed by atoms with Gasteiger partial charge in [0.1, 0.15) is 0 Å². The average Bonchev–Trinajstić information content (AvgIpc) is 2.78. The minimum atomic E-state index is -0.288. The molecule has 0 saturated carbocycles. The van der Waals surface area contributed by atoms with Gasteiger partial charge in [0, 0.05) is 37.9 Å². The van der Waals surface area contributed by atoms with Crippen molar-refractivity contribution < 1.29 is 14.7 Å². The third-order valence-electron chi connectivity index (χ3n) is 3.35. The van der Waals surface area contributed by atoms with Crippen LogP contribution in [-0.2, 0) is 9.59 Å². The highest BCUT2D eigenvalue weighted by Crippen LogP contribution is 2.07. The largest absolute Gasteiger partial charge is 0.396 e. The van der Waals surface area contributed by atoms with Crippen molar-refractivity contribution in [1.29, 1.82) is 0 Å². The summed E-state index contributed by atoms with van der Waals surface area (Å²) in [6.07, 6.45) is 4.27. The zero-order valence-electron chi connectivity index (χ0n) is 12.5. The van der Waals surface area contributed by atoms with Crippen molar-refractivity contribution in [3.05, 3.63) is 12.2 Å². The molecule has 2 amide bonds. The highest BCUT2D eigenvalue weighted by molar-refractivity contribution is 7.80. The number of aliphatic hydroxyl groups is 1. The quantitative estimate of drug-likeness (QED) is 0.438. The minimum Gasteiger partial charge on any atom is -0.396 e. The first-order valence-electron chi connectivity index (χ1n) is 7.16. The fraction of sp³-hybridized carbons (Fsp3) is 0.643. The third kappa shape index (κ3) is 5.81. The van der Waals surface area contributed by atoms with Gasteiger partial charge in [-0.05, 0) is 31.0 Å². The molecule has 3 N–H and O–H groups in total. The Kier molecular flexibility index (Phi) is 7.31. The Bertz CT molecular complexity index is 408. The lowest BCUT2D eigenvalue weighted by molar-refractivity contribution is -0.136. The Hall–Kier alpha value is -1.47. The Balaban J connectivity index is 2.27. The smallest absolute Gasteiger partial charge is 0.253 e. The van der Waals surface area contributed by atoms with E-state index in [0.29, 0.717) is 11.7 Å². The van der Waals surface area contributed by atoms with Crippen LogP contribution in [0.2, 0.25) is 0 Å². The van der Waals surface area contributed by atoms with Gasteiger partial charge in [-0.3, -0.25) is 14.5 Å². The molecule has 0 fully saturated rings. The van der Waals surface area contributed by atoms with Crippen LogP contribution in [0.15, 0.2) is 12.2 Å². The zero-order chi connectivity index (χ0) is 15.8. The molecule has 118 valence electrons. The molecule has 1 aliphatic rings. The van der Waals surface area contributed by atoms with E-state index < -0.39 is 0 Å². The molecule has 0 spiro atoms. The summed E-state index contributed by atoms with van der Waals surface area (Å²) in [5, 5.41) is 15.7. The lowest BCUT2D eigenvalue weighted by Crippen LogP contribution is -2.45. The fourth-order valence-electron chi connectivity index (χ4n) is 2.06. The lowest BCUT2D eigenvalue weighted by atomic mass is 10.0. The van der Waals surface area contributed by atoms with E-state index in [1.54, 1.807) is 0 Å². The van der Waals surface area contributed by atoms with Crippen LogP contribution >= 0.6 is 12.2 Å². The second kappa shape index (κ2) is 8.74. The standard InChI is InChI=1S/C14H23N3O3S/c1-3-11(8-10(2)9-18)16-14(21)15-6-7-17-12(19)4-5-13(17)20/h4-5,10-11,18H,3,6-9H2,1-2H3,(H2,15,16,21)/t10-,11+/m1/s1. The molecule has 7 heteroatoms. The van der Waals surface area contributed by atoms with E-state index in [4.69, 9.17) is 17.3 Å². The minimum absolute atomic E-state index is 0.157. The summed E-state index contributed by atoms with van der Waals surface area (Å²) >= 11 is 5.20. The number of hydrogen-bond acceptors (Lipinski definition) is 4. The molecule has 0 aromatic carbocycles. The maximum absolute atomic E-state index is 11.4. The Morgan fingerprint density at radius 2 is 2.00 bits per heavy atom. The van der Waals surface area contributed by atoms with Gasteiger partial charge in [0.05, 0.1) is 0 Å². The van der Waals surface area contributed by atoms with Crippen LogP contribution in [-0.4, -0.2) is 52.7 Å². The van der Waals surface area contributed by atoms with Gasteiger partial charge in [0.15, 0.2) is 5.11 Å². The molecule has 1 rings (SSSR count). The summed E-state index contributed by atoms with van der Waals surface area (Å²) in [7, 11) is 0. The summed E-state index contributed by atoms with van der Waals surface area (Å²) in [4.78, 5) is 23.9. The molecule has 0 aliphatic carbocycles. The van der Waals surface area contributed by atoms with Crippen molar-refractivity contribution in [3.63, 3.8) is 0 Å². The molecule has 21 heavy (non-hydrogen) atoms. The highest BCUT2D eigenvalue weighted by Gasteiger charge is 2.22. The Labute approximate surface area is 130 Å². The first-order chi connectivity index (χ1) is 9.97. The molecule has 0 unspecified atom stereocenters. The molecular formula is C14H23N3O3S. The number of rotatable bonds is 8. The van der Waals surface area contributed by atoms with Gasteiger partial charge in [-0.15, -0.1) is 0 Å². The summed E-state index contributed by atoms with van der Waals surface area (Å²) in [6.45, 7) is 4.90. The van der Waals surface area contributed by atoms with Gasteiger partial charge in [-0.2, -0.15) is 0 Å². The number of carbonyl (C=O) groups is 2. The molecule has 1 heterocycles. The maximum atomic E-state index is 11.4.